The van der Waals surface area contributed by atoms with Gasteiger partial charge >= 0.3 is 0 Å². The largest absolute Gasteiger partial charge is 0.369 e. The summed E-state index contributed by atoms with van der Waals surface area (Å²) in [5.74, 6) is 0.917. The van der Waals surface area contributed by atoms with Crippen LogP contribution in [-0.4, -0.2) is 67.9 Å². The van der Waals surface area contributed by atoms with E-state index in [4.69, 9.17) is 0 Å². The lowest BCUT2D eigenvalue weighted by molar-refractivity contribution is -0.118. The first-order valence-electron chi connectivity index (χ1n) is 9.96. The van der Waals surface area contributed by atoms with E-state index in [1.165, 1.54) is 25.3 Å². The molecule has 0 aliphatic carbocycles. The Kier molecular flexibility index (Phi) is 6.65. The van der Waals surface area contributed by atoms with E-state index < -0.39 is 0 Å². The zero-order valence-electron chi connectivity index (χ0n) is 16.2. The van der Waals surface area contributed by atoms with Gasteiger partial charge < -0.3 is 4.90 Å². The lowest BCUT2D eigenvalue weighted by atomic mass is 9.93. The molecule has 1 aromatic rings. The highest BCUT2D eigenvalue weighted by Crippen LogP contribution is 2.24. The quantitative estimate of drug-likeness (QED) is 0.778. The van der Waals surface area contributed by atoms with Crippen LogP contribution in [0.1, 0.15) is 31.7 Å². The molecule has 0 N–H and O–H groups in total. The molecule has 1 aromatic carbocycles. The van der Waals surface area contributed by atoms with E-state index in [9.17, 15) is 9.18 Å². The molecule has 4 nitrogen and oxygen atoms in total. The minimum absolute atomic E-state index is 0.149. The van der Waals surface area contributed by atoms with Crippen LogP contribution >= 0.6 is 0 Å². The first-order valence-corrected chi connectivity index (χ1v) is 9.96. The molecule has 0 aromatic heterocycles. The second kappa shape index (κ2) is 8.96. The average Bonchev–Trinajstić information content (AvgIpc) is 2.63. The minimum atomic E-state index is -0.149. The van der Waals surface area contributed by atoms with E-state index in [2.05, 4.69) is 21.6 Å². The zero-order chi connectivity index (χ0) is 18.5. The lowest BCUT2D eigenvalue weighted by Crippen LogP contribution is -2.47. The van der Waals surface area contributed by atoms with Crippen LogP contribution in [0.2, 0.25) is 0 Å². The molecule has 2 saturated heterocycles. The molecule has 0 spiro atoms. The Balaban J connectivity index is 1.38. The van der Waals surface area contributed by atoms with Crippen LogP contribution in [-0.2, 0) is 4.79 Å². The van der Waals surface area contributed by atoms with Gasteiger partial charge in [0.05, 0.1) is 6.54 Å². The summed E-state index contributed by atoms with van der Waals surface area (Å²) in [5, 5.41) is 0. The fourth-order valence-corrected chi connectivity index (χ4v) is 4.25. The van der Waals surface area contributed by atoms with E-state index in [1.54, 1.807) is 13.0 Å². The number of halogens is 1. The standard InChI is InChI=1S/C21H32FN3O/c1-17-3-4-20(22)15-21(17)25-13-11-23(12-14-25)8-5-19-6-9-24(10-7-19)16-18(2)26/h3-4,15,19H,5-14,16H2,1-2H3. The van der Waals surface area contributed by atoms with Crippen LogP contribution in [0.25, 0.3) is 0 Å². The molecule has 0 bridgehead atoms. The van der Waals surface area contributed by atoms with Crippen molar-refractivity contribution < 1.29 is 9.18 Å². The second-order valence-electron chi connectivity index (χ2n) is 7.97. The summed E-state index contributed by atoms with van der Waals surface area (Å²) in [6.45, 7) is 11.7. The Morgan fingerprint density at radius 3 is 2.42 bits per heavy atom. The number of anilines is 1. The summed E-state index contributed by atoms with van der Waals surface area (Å²) < 4.78 is 13.5. The highest BCUT2D eigenvalue weighted by atomic mass is 19.1. The Morgan fingerprint density at radius 2 is 1.77 bits per heavy atom. The molecular formula is C21H32FN3O. The molecular weight excluding hydrogens is 329 g/mol. The molecule has 2 fully saturated rings. The van der Waals surface area contributed by atoms with E-state index in [1.807, 2.05) is 6.07 Å². The number of hydrogen-bond acceptors (Lipinski definition) is 4. The van der Waals surface area contributed by atoms with Crippen molar-refractivity contribution in [3.8, 4) is 0 Å². The monoisotopic (exact) mass is 361 g/mol. The Hall–Kier alpha value is -1.46. The third-order valence-electron chi connectivity index (χ3n) is 5.89. The van der Waals surface area contributed by atoms with Crippen molar-refractivity contribution >= 4 is 11.5 Å². The third-order valence-corrected chi connectivity index (χ3v) is 5.89. The number of ketones is 1. The van der Waals surface area contributed by atoms with Gasteiger partial charge in [-0.25, -0.2) is 4.39 Å². The molecule has 5 heteroatoms. The molecule has 26 heavy (non-hydrogen) atoms. The Morgan fingerprint density at radius 1 is 1.08 bits per heavy atom. The molecule has 3 rings (SSSR count). The van der Waals surface area contributed by atoms with Gasteiger partial charge in [0.15, 0.2) is 0 Å². The van der Waals surface area contributed by atoms with Gasteiger partial charge in [-0.05, 0) is 76.4 Å². The van der Waals surface area contributed by atoms with Crippen LogP contribution in [0.3, 0.4) is 0 Å². The number of piperidine rings is 1. The number of likely N-dealkylation sites (tertiary alicyclic amines) is 1. The van der Waals surface area contributed by atoms with E-state index >= 15 is 0 Å². The lowest BCUT2D eigenvalue weighted by Gasteiger charge is -2.38. The molecule has 0 radical (unpaired) electrons. The fourth-order valence-electron chi connectivity index (χ4n) is 4.25. The highest BCUT2D eigenvalue weighted by Gasteiger charge is 2.22. The molecule has 2 aliphatic heterocycles. The van der Waals surface area contributed by atoms with Gasteiger partial charge in [-0.3, -0.25) is 14.6 Å². The predicted octanol–water partition coefficient (Wildman–Crippen LogP) is 2.95. The molecule has 0 atom stereocenters. The first-order chi connectivity index (χ1) is 12.5. The summed E-state index contributed by atoms with van der Waals surface area (Å²) in [7, 11) is 0. The second-order valence-corrected chi connectivity index (χ2v) is 7.97. The van der Waals surface area contributed by atoms with Gasteiger partial charge in [0.2, 0.25) is 0 Å². The number of benzene rings is 1. The number of piperazine rings is 1. The fraction of sp³-hybridized carbons (Fsp3) is 0.667. The minimum Gasteiger partial charge on any atom is -0.369 e. The molecule has 2 heterocycles. The van der Waals surface area contributed by atoms with Crippen molar-refractivity contribution in [2.75, 3.05) is 57.3 Å². The number of hydrogen-bond donors (Lipinski definition) is 0. The maximum Gasteiger partial charge on any atom is 0.143 e. The van der Waals surface area contributed by atoms with E-state index in [0.29, 0.717) is 6.54 Å². The molecule has 144 valence electrons. The number of carbonyl (C=O) groups excluding carboxylic acids is 1. The predicted molar refractivity (Wildman–Crippen MR) is 104 cm³/mol. The van der Waals surface area contributed by atoms with Gasteiger partial charge in [0, 0.05) is 31.9 Å². The smallest absolute Gasteiger partial charge is 0.143 e. The van der Waals surface area contributed by atoms with Gasteiger partial charge in [-0.1, -0.05) is 6.07 Å². The maximum atomic E-state index is 13.5. The van der Waals surface area contributed by atoms with Gasteiger partial charge in [-0.15, -0.1) is 0 Å². The van der Waals surface area contributed by atoms with Gasteiger partial charge in [-0.2, -0.15) is 0 Å². The van der Waals surface area contributed by atoms with Crippen LogP contribution in [0.4, 0.5) is 10.1 Å². The van der Waals surface area contributed by atoms with E-state index in [-0.39, 0.29) is 11.6 Å². The topological polar surface area (TPSA) is 26.8 Å². The Bertz CT molecular complexity index is 605. The van der Waals surface area contributed by atoms with Crippen molar-refractivity contribution in [1.29, 1.82) is 0 Å². The SMILES string of the molecule is CC(=O)CN1CCC(CCN2CCN(c3cc(F)ccc3C)CC2)CC1. The van der Waals surface area contributed by atoms with Crippen LogP contribution in [0, 0.1) is 18.7 Å². The zero-order valence-corrected chi connectivity index (χ0v) is 16.2. The summed E-state index contributed by atoms with van der Waals surface area (Å²) in [6, 6.07) is 5.08. The summed E-state index contributed by atoms with van der Waals surface area (Å²) in [4.78, 5) is 18.4. The van der Waals surface area contributed by atoms with Gasteiger partial charge in [0.1, 0.15) is 11.6 Å². The summed E-state index contributed by atoms with van der Waals surface area (Å²) >= 11 is 0. The van der Waals surface area contributed by atoms with Crippen LogP contribution in [0.5, 0.6) is 0 Å². The summed E-state index contributed by atoms with van der Waals surface area (Å²) in [5.41, 5.74) is 2.19. The van der Waals surface area contributed by atoms with Gasteiger partial charge in [0.25, 0.3) is 0 Å². The number of rotatable bonds is 6. The van der Waals surface area contributed by atoms with E-state index in [0.717, 1.165) is 63.0 Å². The van der Waals surface area contributed by atoms with Crippen molar-refractivity contribution in [2.45, 2.75) is 33.1 Å². The normalized spacial score (nSPS) is 20.5. The Labute approximate surface area is 157 Å². The molecule has 2 aliphatic rings. The van der Waals surface area contributed by atoms with Crippen LogP contribution < -0.4 is 4.90 Å². The summed E-state index contributed by atoms with van der Waals surface area (Å²) in [6.07, 6.45) is 3.69. The van der Waals surface area contributed by atoms with Crippen LogP contribution in [0.15, 0.2) is 18.2 Å². The highest BCUT2D eigenvalue weighted by molar-refractivity contribution is 5.77. The first kappa shape index (κ1) is 19.3. The molecule has 0 saturated carbocycles. The average molecular weight is 362 g/mol. The number of Topliss-reactive ketones (excluding diaryl/α,β-unsaturated/α-hetero) is 1. The number of aryl methyl sites for hydroxylation is 1. The maximum absolute atomic E-state index is 13.5. The third kappa shape index (κ3) is 5.27. The van der Waals surface area contributed by atoms with Crippen molar-refractivity contribution in [2.24, 2.45) is 5.92 Å². The molecule has 0 unspecified atom stereocenters. The number of nitrogens with zero attached hydrogens (tertiary/aromatic N) is 3. The van der Waals surface area contributed by atoms with Crippen molar-refractivity contribution in [3.05, 3.63) is 29.6 Å². The van der Waals surface area contributed by atoms with Crippen molar-refractivity contribution in [1.82, 2.24) is 9.80 Å². The number of carbonyl (C=O) groups is 1. The van der Waals surface area contributed by atoms with Crippen molar-refractivity contribution in [3.63, 3.8) is 0 Å². The molecule has 0 amide bonds.